The second-order valence-corrected chi connectivity index (χ2v) is 13.8. The Bertz CT molecular complexity index is 1750. The number of nitrogens with zero attached hydrogens (tertiary/aromatic N) is 2. The van der Waals surface area contributed by atoms with Crippen molar-refractivity contribution in [1.29, 1.82) is 0 Å². The van der Waals surface area contributed by atoms with Crippen molar-refractivity contribution in [3.63, 3.8) is 0 Å². The van der Waals surface area contributed by atoms with Crippen LogP contribution in [0.1, 0.15) is 31.9 Å². The first-order valence-corrected chi connectivity index (χ1v) is 18.0. The van der Waals surface area contributed by atoms with Crippen LogP contribution in [0.4, 0.5) is 10.1 Å². The standard InChI is InChI=1S/C36H40FN3O5S2/c1-5-45-34-18-12-11-17-32(34)40(47(43,44)30-21-19-29(46-4)20-22-30)25-35(41)39(24-28-15-9-10-16-31(28)37)33(36(42)38-26(2)3)23-27-13-7-6-8-14-27/h6-22,26,33H,5,23-25H2,1-4H3,(H,38,42). The highest BCUT2D eigenvalue weighted by molar-refractivity contribution is 7.98. The Hall–Kier alpha value is -4.35. The van der Waals surface area contributed by atoms with Gasteiger partial charge in [0.25, 0.3) is 10.0 Å². The number of anilines is 1. The minimum absolute atomic E-state index is 0.0200. The fourth-order valence-electron chi connectivity index (χ4n) is 5.07. The highest BCUT2D eigenvalue weighted by atomic mass is 32.2. The molecule has 4 aromatic rings. The molecule has 0 bridgehead atoms. The molecular formula is C36H40FN3O5S2. The SMILES string of the molecule is CCOc1ccccc1N(CC(=O)N(Cc1ccccc1F)C(Cc1ccccc1)C(=O)NC(C)C)S(=O)(=O)c1ccc(SC)cc1. The highest BCUT2D eigenvalue weighted by Crippen LogP contribution is 2.33. The Morgan fingerprint density at radius 2 is 1.53 bits per heavy atom. The summed E-state index contributed by atoms with van der Waals surface area (Å²) in [7, 11) is -4.33. The molecule has 47 heavy (non-hydrogen) atoms. The van der Waals surface area contributed by atoms with Crippen molar-refractivity contribution >= 4 is 39.3 Å². The number of hydrogen-bond acceptors (Lipinski definition) is 6. The molecule has 11 heteroatoms. The lowest BCUT2D eigenvalue weighted by Gasteiger charge is -2.34. The van der Waals surface area contributed by atoms with E-state index >= 15 is 4.39 Å². The molecule has 0 aliphatic heterocycles. The highest BCUT2D eigenvalue weighted by Gasteiger charge is 2.36. The van der Waals surface area contributed by atoms with Crippen LogP contribution in [0.15, 0.2) is 113 Å². The van der Waals surface area contributed by atoms with E-state index in [4.69, 9.17) is 4.74 Å². The predicted octanol–water partition coefficient (Wildman–Crippen LogP) is 6.31. The zero-order valence-electron chi connectivity index (χ0n) is 26.9. The van der Waals surface area contributed by atoms with Crippen molar-refractivity contribution in [2.24, 2.45) is 0 Å². The fourth-order valence-corrected chi connectivity index (χ4v) is 6.91. The number of hydrogen-bond donors (Lipinski definition) is 1. The number of ether oxygens (including phenoxy) is 1. The summed E-state index contributed by atoms with van der Waals surface area (Å²) in [5.74, 6) is -1.41. The molecule has 2 amide bonds. The average Bonchev–Trinajstić information content (AvgIpc) is 3.06. The van der Waals surface area contributed by atoms with Crippen molar-refractivity contribution in [2.45, 2.75) is 55.6 Å². The zero-order valence-corrected chi connectivity index (χ0v) is 28.6. The fraction of sp³-hybridized carbons (Fsp3) is 0.278. The minimum Gasteiger partial charge on any atom is -0.492 e. The van der Waals surface area contributed by atoms with Crippen LogP contribution in [0.5, 0.6) is 5.75 Å². The second kappa shape index (κ2) is 16.5. The maximum absolute atomic E-state index is 15.1. The summed E-state index contributed by atoms with van der Waals surface area (Å²) in [4.78, 5) is 30.5. The molecule has 0 radical (unpaired) electrons. The molecule has 1 unspecified atom stereocenters. The molecule has 0 spiro atoms. The molecule has 248 valence electrons. The van der Waals surface area contributed by atoms with Gasteiger partial charge in [-0.25, -0.2) is 12.8 Å². The summed E-state index contributed by atoms with van der Waals surface area (Å²) in [6.07, 6.45) is 2.01. The smallest absolute Gasteiger partial charge is 0.264 e. The molecular weight excluding hydrogens is 638 g/mol. The molecule has 4 rings (SSSR count). The molecule has 0 saturated heterocycles. The number of carbonyl (C=O) groups excluding carboxylic acids is 2. The Balaban J connectivity index is 1.85. The van der Waals surface area contributed by atoms with Gasteiger partial charge in [-0.05, 0) is 75.1 Å². The summed E-state index contributed by atoms with van der Waals surface area (Å²) in [6.45, 7) is 4.71. The van der Waals surface area contributed by atoms with Gasteiger partial charge in [-0.2, -0.15) is 0 Å². The van der Waals surface area contributed by atoms with Gasteiger partial charge < -0.3 is 15.0 Å². The van der Waals surface area contributed by atoms with Crippen molar-refractivity contribution in [2.75, 3.05) is 23.7 Å². The third kappa shape index (κ3) is 9.14. The summed E-state index contributed by atoms with van der Waals surface area (Å²) < 4.78 is 50.6. The molecule has 0 aliphatic rings. The van der Waals surface area contributed by atoms with Crippen LogP contribution in [0.3, 0.4) is 0 Å². The van der Waals surface area contributed by atoms with Gasteiger partial charge >= 0.3 is 0 Å². The largest absolute Gasteiger partial charge is 0.492 e. The number of thioether (sulfide) groups is 1. The van der Waals surface area contributed by atoms with E-state index in [1.54, 1.807) is 61.5 Å². The van der Waals surface area contributed by atoms with Crippen molar-refractivity contribution in [3.8, 4) is 5.75 Å². The number of para-hydroxylation sites is 2. The van der Waals surface area contributed by atoms with Gasteiger partial charge in [0.05, 0.1) is 17.2 Å². The maximum Gasteiger partial charge on any atom is 0.264 e. The molecule has 1 atom stereocenters. The summed E-state index contributed by atoms with van der Waals surface area (Å²) in [5, 5.41) is 2.90. The zero-order chi connectivity index (χ0) is 34.0. The van der Waals surface area contributed by atoms with Crippen molar-refractivity contribution < 1.29 is 27.1 Å². The van der Waals surface area contributed by atoms with E-state index in [1.165, 1.54) is 34.9 Å². The van der Waals surface area contributed by atoms with Crippen LogP contribution in [0.25, 0.3) is 0 Å². The quantitative estimate of drug-likeness (QED) is 0.148. The van der Waals surface area contributed by atoms with Crippen LogP contribution in [0.2, 0.25) is 0 Å². The van der Waals surface area contributed by atoms with Crippen molar-refractivity contribution in [1.82, 2.24) is 10.2 Å². The van der Waals surface area contributed by atoms with E-state index in [1.807, 2.05) is 50.4 Å². The first-order chi connectivity index (χ1) is 22.5. The summed E-state index contributed by atoms with van der Waals surface area (Å²) in [5.41, 5.74) is 1.13. The minimum atomic E-state index is -4.33. The summed E-state index contributed by atoms with van der Waals surface area (Å²) >= 11 is 1.47. The average molecular weight is 678 g/mol. The van der Waals surface area contributed by atoms with E-state index in [0.29, 0.717) is 0 Å². The van der Waals surface area contributed by atoms with Crippen LogP contribution >= 0.6 is 11.8 Å². The Labute approximate surface area is 281 Å². The lowest BCUT2D eigenvalue weighted by atomic mass is 10.0. The normalized spacial score (nSPS) is 12.0. The molecule has 4 aromatic carbocycles. The first-order valence-electron chi connectivity index (χ1n) is 15.3. The van der Waals surface area contributed by atoms with Gasteiger partial charge in [0.1, 0.15) is 24.2 Å². The summed E-state index contributed by atoms with van der Waals surface area (Å²) in [6, 6.07) is 26.8. The molecule has 8 nitrogen and oxygen atoms in total. The van der Waals surface area contributed by atoms with Gasteiger partial charge in [0.15, 0.2) is 0 Å². The van der Waals surface area contributed by atoms with E-state index in [9.17, 15) is 18.0 Å². The molecule has 0 aliphatic carbocycles. The third-order valence-corrected chi connectivity index (χ3v) is 9.88. The molecule has 0 fully saturated rings. The van der Waals surface area contributed by atoms with Gasteiger partial charge in [-0.1, -0.05) is 60.7 Å². The molecule has 0 heterocycles. The van der Waals surface area contributed by atoms with Gasteiger partial charge in [0, 0.05) is 29.5 Å². The predicted molar refractivity (Wildman–Crippen MR) is 185 cm³/mol. The monoisotopic (exact) mass is 677 g/mol. The van der Waals surface area contributed by atoms with Crippen LogP contribution in [-0.4, -0.2) is 56.6 Å². The van der Waals surface area contributed by atoms with Crippen LogP contribution < -0.4 is 14.4 Å². The maximum atomic E-state index is 15.1. The number of rotatable bonds is 15. The number of carbonyl (C=O) groups is 2. The molecule has 0 aromatic heterocycles. The van der Waals surface area contributed by atoms with Gasteiger partial charge in [-0.3, -0.25) is 13.9 Å². The number of amides is 2. The third-order valence-electron chi connectivity index (χ3n) is 7.36. The van der Waals surface area contributed by atoms with E-state index in [2.05, 4.69) is 5.32 Å². The lowest BCUT2D eigenvalue weighted by Crippen LogP contribution is -2.54. The molecule has 1 N–H and O–H groups in total. The topological polar surface area (TPSA) is 96.0 Å². The number of nitrogens with one attached hydrogen (secondary N) is 1. The number of halogens is 1. The van der Waals surface area contributed by atoms with Crippen LogP contribution in [-0.2, 0) is 32.6 Å². The number of sulfonamides is 1. The van der Waals surface area contributed by atoms with E-state index in [-0.39, 0.29) is 47.5 Å². The van der Waals surface area contributed by atoms with Crippen molar-refractivity contribution in [3.05, 3.63) is 120 Å². The van der Waals surface area contributed by atoms with E-state index in [0.717, 1.165) is 14.8 Å². The Morgan fingerprint density at radius 3 is 2.17 bits per heavy atom. The van der Waals surface area contributed by atoms with Gasteiger partial charge in [0.2, 0.25) is 11.8 Å². The number of benzene rings is 4. The lowest BCUT2D eigenvalue weighted by molar-refractivity contribution is -0.140. The van der Waals surface area contributed by atoms with E-state index < -0.39 is 40.2 Å². The first kappa shape index (κ1) is 35.5. The second-order valence-electron chi connectivity index (χ2n) is 11.1. The molecule has 0 saturated carbocycles. The Kier molecular flexibility index (Phi) is 12.4. The van der Waals surface area contributed by atoms with Crippen LogP contribution in [0, 0.1) is 5.82 Å². The Morgan fingerprint density at radius 1 is 0.894 bits per heavy atom. The van der Waals surface area contributed by atoms with Gasteiger partial charge in [-0.15, -0.1) is 11.8 Å².